The molecule has 0 radical (unpaired) electrons. The molecule has 0 aliphatic rings. The van der Waals surface area contributed by atoms with E-state index in [0.29, 0.717) is 34.2 Å². The molecule has 4 aromatic rings. The van der Waals surface area contributed by atoms with E-state index in [9.17, 15) is 4.79 Å². The van der Waals surface area contributed by atoms with Gasteiger partial charge in [-0.1, -0.05) is 23.0 Å². The Morgan fingerprint density at radius 2 is 2.21 bits per heavy atom. The molecule has 4 rings (SSSR count). The van der Waals surface area contributed by atoms with Crippen molar-refractivity contribution in [2.75, 3.05) is 12.9 Å². The van der Waals surface area contributed by atoms with Crippen LogP contribution in [-0.4, -0.2) is 43.7 Å². The van der Waals surface area contributed by atoms with Crippen LogP contribution < -0.4 is 10.1 Å². The van der Waals surface area contributed by atoms with Crippen LogP contribution in [-0.2, 0) is 11.3 Å². The Bertz CT molecular complexity index is 1100. The predicted molar refractivity (Wildman–Crippen MR) is 102 cm³/mol. The molecule has 0 spiro atoms. The molecule has 9 nitrogen and oxygen atoms in total. The van der Waals surface area contributed by atoms with E-state index in [4.69, 9.17) is 9.15 Å². The van der Waals surface area contributed by atoms with Crippen molar-refractivity contribution in [3.8, 4) is 11.4 Å². The first-order chi connectivity index (χ1) is 13.7. The summed E-state index contributed by atoms with van der Waals surface area (Å²) in [4.78, 5) is 20.6. The molecule has 0 saturated carbocycles. The van der Waals surface area contributed by atoms with Crippen LogP contribution in [0.4, 0.5) is 0 Å². The maximum absolute atomic E-state index is 12.1. The lowest BCUT2D eigenvalue weighted by Gasteiger charge is -2.05. The Morgan fingerprint density at radius 1 is 1.29 bits per heavy atom. The fourth-order valence-corrected chi connectivity index (χ4v) is 3.29. The third-order valence-electron chi connectivity index (χ3n) is 3.88. The Balaban J connectivity index is 1.49. The minimum absolute atomic E-state index is 0.131. The number of ether oxygens (including phenoxy) is 1. The number of hydrogen-bond donors (Lipinski definition) is 1. The van der Waals surface area contributed by atoms with E-state index in [1.54, 1.807) is 30.2 Å². The topological polar surface area (TPSA) is 108 Å². The molecule has 0 unspecified atom stereocenters. The summed E-state index contributed by atoms with van der Waals surface area (Å²) in [5.74, 6) is 1.47. The lowest BCUT2D eigenvalue weighted by Crippen LogP contribution is -2.24. The smallest absolute Gasteiger partial charge is 0.230 e. The highest BCUT2D eigenvalue weighted by atomic mass is 32.2. The molecule has 10 heteroatoms. The van der Waals surface area contributed by atoms with Gasteiger partial charge in [-0.3, -0.25) is 4.79 Å². The summed E-state index contributed by atoms with van der Waals surface area (Å²) >= 11 is 1.28. The molecule has 1 amide bonds. The molecule has 0 aliphatic heterocycles. The number of nitrogens with zero attached hydrogens (tertiary/aromatic N) is 5. The number of aromatic nitrogens is 5. The van der Waals surface area contributed by atoms with Crippen molar-refractivity contribution in [1.82, 2.24) is 30.3 Å². The van der Waals surface area contributed by atoms with Gasteiger partial charge in [-0.15, -0.1) is 5.10 Å². The number of thioether (sulfide) groups is 1. The van der Waals surface area contributed by atoms with E-state index in [1.165, 1.54) is 18.1 Å². The number of carbonyl (C=O) groups excluding carboxylic acids is 1. The molecule has 3 heterocycles. The molecule has 1 aromatic carbocycles. The normalized spacial score (nSPS) is 10.9. The summed E-state index contributed by atoms with van der Waals surface area (Å²) < 4.78 is 12.1. The number of amides is 1. The third kappa shape index (κ3) is 3.81. The van der Waals surface area contributed by atoms with Gasteiger partial charge in [0.05, 0.1) is 31.4 Å². The maximum atomic E-state index is 12.1. The van der Waals surface area contributed by atoms with Gasteiger partial charge in [-0.2, -0.15) is 4.68 Å². The highest BCUT2D eigenvalue weighted by molar-refractivity contribution is 8.00. The van der Waals surface area contributed by atoms with Crippen LogP contribution in [0.2, 0.25) is 0 Å². The number of rotatable bonds is 7. The van der Waals surface area contributed by atoms with E-state index in [2.05, 4.69) is 25.6 Å². The summed E-state index contributed by atoms with van der Waals surface area (Å²) in [6.07, 6.45) is 3.00. The van der Waals surface area contributed by atoms with Gasteiger partial charge in [-0.25, -0.2) is 9.97 Å². The summed E-state index contributed by atoms with van der Waals surface area (Å²) in [5.41, 5.74) is 1.86. The Morgan fingerprint density at radius 3 is 3.04 bits per heavy atom. The van der Waals surface area contributed by atoms with Crippen molar-refractivity contribution in [3.05, 3.63) is 54.7 Å². The van der Waals surface area contributed by atoms with Gasteiger partial charge >= 0.3 is 0 Å². The number of carbonyl (C=O) groups is 1. The molecule has 0 bridgehead atoms. The average molecular weight is 396 g/mol. The number of furan rings is 1. The molecule has 3 aromatic heterocycles. The minimum Gasteiger partial charge on any atom is -0.497 e. The van der Waals surface area contributed by atoms with Crippen LogP contribution in [0.25, 0.3) is 16.9 Å². The fraction of sp³-hybridized carbons (Fsp3) is 0.167. The van der Waals surface area contributed by atoms with E-state index >= 15 is 0 Å². The number of hydrogen-bond acceptors (Lipinski definition) is 8. The van der Waals surface area contributed by atoms with E-state index in [-0.39, 0.29) is 11.7 Å². The fourth-order valence-electron chi connectivity index (χ4n) is 2.53. The second-order valence-corrected chi connectivity index (χ2v) is 6.66. The second-order valence-electron chi connectivity index (χ2n) is 5.70. The van der Waals surface area contributed by atoms with Crippen LogP contribution >= 0.6 is 11.8 Å². The first-order valence-electron chi connectivity index (χ1n) is 8.37. The lowest BCUT2D eigenvalue weighted by molar-refractivity contribution is -0.118. The highest BCUT2D eigenvalue weighted by Crippen LogP contribution is 2.25. The van der Waals surface area contributed by atoms with Crippen LogP contribution in [0.3, 0.4) is 0 Å². The van der Waals surface area contributed by atoms with E-state index in [0.717, 1.165) is 5.69 Å². The third-order valence-corrected chi connectivity index (χ3v) is 4.86. The molecular weight excluding hydrogens is 380 g/mol. The summed E-state index contributed by atoms with van der Waals surface area (Å²) in [5, 5.41) is 11.8. The van der Waals surface area contributed by atoms with Crippen molar-refractivity contribution in [1.29, 1.82) is 0 Å². The Hall–Kier alpha value is -3.40. The molecular formula is C18H16N6O3S. The van der Waals surface area contributed by atoms with Crippen LogP contribution in [0.5, 0.6) is 5.75 Å². The Kier molecular flexibility index (Phi) is 5.20. The Labute approximate surface area is 164 Å². The standard InChI is InChI=1S/C18H16N6O3S/c1-26-13-5-2-4-12(8-13)24-17-16(22-23-24)18(21-11-20-17)28-10-15(25)19-9-14-6-3-7-27-14/h2-8,11H,9-10H2,1H3,(H,19,25). The summed E-state index contributed by atoms with van der Waals surface area (Å²) in [6, 6.07) is 11.0. The quantitative estimate of drug-likeness (QED) is 0.374. The monoisotopic (exact) mass is 396 g/mol. The van der Waals surface area contributed by atoms with Gasteiger partial charge in [0.15, 0.2) is 11.2 Å². The van der Waals surface area contributed by atoms with Crippen molar-refractivity contribution >= 4 is 28.8 Å². The molecule has 28 heavy (non-hydrogen) atoms. The van der Waals surface area contributed by atoms with Crippen molar-refractivity contribution < 1.29 is 13.9 Å². The van der Waals surface area contributed by atoms with E-state index < -0.39 is 0 Å². The first kappa shape index (κ1) is 18.0. The van der Waals surface area contributed by atoms with Gasteiger partial charge in [0.1, 0.15) is 22.9 Å². The van der Waals surface area contributed by atoms with Gasteiger partial charge in [0, 0.05) is 6.07 Å². The molecule has 0 fully saturated rings. The zero-order valence-corrected chi connectivity index (χ0v) is 15.7. The lowest BCUT2D eigenvalue weighted by atomic mass is 10.3. The molecule has 0 aliphatic carbocycles. The summed E-state index contributed by atoms with van der Waals surface area (Å²) in [7, 11) is 1.60. The number of nitrogens with one attached hydrogen (secondary N) is 1. The van der Waals surface area contributed by atoms with Crippen LogP contribution in [0.15, 0.2) is 58.4 Å². The maximum Gasteiger partial charge on any atom is 0.230 e. The highest BCUT2D eigenvalue weighted by Gasteiger charge is 2.15. The summed E-state index contributed by atoms with van der Waals surface area (Å²) in [6.45, 7) is 0.345. The predicted octanol–water partition coefficient (Wildman–Crippen LogP) is 2.22. The van der Waals surface area contributed by atoms with Crippen molar-refractivity contribution in [2.45, 2.75) is 11.6 Å². The van der Waals surface area contributed by atoms with Crippen LogP contribution in [0.1, 0.15) is 5.76 Å². The van der Waals surface area contributed by atoms with Gasteiger partial charge in [0.2, 0.25) is 5.91 Å². The minimum atomic E-state index is -0.131. The number of benzene rings is 1. The molecule has 142 valence electrons. The molecule has 1 N–H and O–H groups in total. The molecule has 0 saturated heterocycles. The average Bonchev–Trinajstić information content (AvgIpc) is 3.40. The SMILES string of the molecule is COc1cccc(-n2nnc3c(SCC(=O)NCc4ccco4)ncnc32)c1. The van der Waals surface area contributed by atoms with E-state index in [1.807, 2.05) is 24.3 Å². The van der Waals surface area contributed by atoms with Crippen LogP contribution in [0, 0.1) is 0 Å². The number of methoxy groups -OCH3 is 1. The van der Waals surface area contributed by atoms with Gasteiger partial charge < -0.3 is 14.5 Å². The van der Waals surface area contributed by atoms with Crippen molar-refractivity contribution in [3.63, 3.8) is 0 Å². The zero-order chi connectivity index (χ0) is 19.3. The second kappa shape index (κ2) is 8.09. The zero-order valence-electron chi connectivity index (χ0n) is 14.9. The first-order valence-corrected chi connectivity index (χ1v) is 9.36. The largest absolute Gasteiger partial charge is 0.497 e. The van der Waals surface area contributed by atoms with Gasteiger partial charge in [0.25, 0.3) is 0 Å². The van der Waals surface area contributed by atoms with Gasteiger partial charge in [-0.05, 0) is 24.3 Å². The van der Waals surface area contributed by atoms with Crippen molar-refractivity contribution in [2.24, 2.45) is 0 Å². The molecule has 0 atom stereocenters. The number of fused-ring (bicyclic) bond motifs is 1.